The number of azo groups is 1. The average Bonchev–Trinajstić information content (AvgIpc) is 2.75. The van der Waals surface area contributed by atoms with Gasteiger partial charge in [-0.2, -0.15) is 10.2 Å². The Morgan fingerprint density at radius 1 is 1.00 bits per heavy atom. The number of Topliss-reactive ketones (excluding diaryl/α,β-unsaturated/α-hetero) is 1. The van der Waals surface area contributed by atoms with Gasteiger partial charge in [-0.15, -0.1) is 0 Å². The van der Waals surface area contributed by atoms with Crippen LogP contribution in [0.1, 0.15) is 13.8 Å². The summed E-state index contributed by atoms with van der Waals surface area (Å²) in [4.78, 5) is 36.6. The van der Waals surface area contributed by atoms with Gasteiger partial charge in [0.05, 0.1) is 41.3 Å². The number of ketones is 1. The minimum Gasteiger partial charge on any atom is -0.497 e. The van der Waals surface area contributed by atoms with Gasteiger partial charge in [-0.25, -0.2) is 0 Å². The number of ether oxygens (including phenoxy) is 2. The van der Waals surface area contributed by atoms with Gasteiger partial charge in [0, 0.05) is 11.6 Å². The quantitative estimate of drug-likeness (QED) is 0.283. The van der Waals surface area contributed by atoms with E-state index in [2.05, 4.69) is 27.4 Å². The molecule has 33 heavy (non-hydrogen) atoms. The first-order valence-corrected chi connectivity index (χ1v) is 10.2. The van der Waals surface area contributed by atoms with Gasteiger partial charge in [-0.3, -0.25) is 14.4 Å². The lowest BCUT2D eigenvalue weighted by Crippen LogP contribution is -2.32. The Labute approximate surface area is 200 Å². The summed E-state index contributed by atoms with van der Waals surface area (Å²) >= 11 is 12.4. The average molecular weight is 493 g/mol. The van der Waals surface area contributed by atoms with Crippen molar-refractivity contribution in [2.45, 2.75) is 19.9 Å². The normalized spacial score (nSPS) is 11.6. The molecule has 0 aliphatic carbocycles. The predicted octanol–water partition coefficient (Wildman–Crippen LogP) is 5.21. The fourth-order valence-electron chi connectivity index (χ4n) is 2.51. The molecule has 0 bridgehead atoms. The molecule has 1 unspecified atom stereocenters. The predicted molar refractivity (Wildman–Crippen MR) is 127 cm³/mol. The van der Waals surface area contributed by atoms with Crippen molar-refractivity contribution in [1.29, 1.82) is 0 Å². The van der Waals surface area contributed by atoms with Crippen LogP contribution in [0.4, 0.5) is 17.1 Å². The fraction of sp³-hybridized carbons (Fsp3) is 0.227. The summed E-state index contributed by atoms with van der Waals surface area (Å²) in [6.45, 7) is 6.29. The highest BCUT2D eigenvalue weighted by Crippen LogP contribution is 2.35. The third-order valence-corrected chi connectivity index (χ3v) is 4.84. The summed E-state index contributed by atoms with van der Waals surface area (Å²) in [5.74, 6) is -0.861. The maximum atomic E-state index is 12.7. The van der Waals surface area contributed by atoms with Crippen LogP contribution >= 0.6 is 23.2 Å². The molecule has 0 radical (unpaired) electrons. The number of carbonyl (C=O) groups excluding carboxylic acids is 3. The second-order valence-electron chi connectivity index (χ2n) is 6.80. The minimum atomic E-state index is -1.44. The van der Waals surface area contributed by atoms with E-state index in [0.717, 1.165) is 0 Å². The van der Waals surface area contributed by atoms with Gasteiger partial charge >= 0.3 is 0 Å². The minimum absolute atomic E-state index is 0.0935. The standard InChI is InChI=1S/C22H22Cl2N4O5/c1-11(2)21(30)26-20-15(23)8-13(9-16(20)24)27-28-19(12(3)29)22(31)25-17-10-14(32-4)6-7-18(17)33-5/h6-10,19H,1H2,2-5H3,(H,25,31)(H,26,30). The van der Waals surface area contributed by atoms with Crippen LogP contribution in [0, 0.1) is 0 Å². The molecule has 2 amide bonds. The molecule has 2 rings (SSSR count). The lowest BCUT2D eigenvalue weighted by atomic mass is 10.2. The molecular formula is C22H22Cl2N4O5. The Hall–Kier alpha value is -3.43. The Bertz CT molecular complexity index is 1110. The van der Waals surface area contributed by atoms with Crippen LogP contribution in [0.15, 0.2) is 52.7 Å². The molecule has 2 aromatic carbocycles. The smallest absolute Gasteiger partial charge is 0.258 e. The molecule has 11 heteroatoms. The number of amides is 2. The SMILES string of the molecule is C=C(C)C(=O)Nc1c(Cl)cc(N=NC(C(C)=O)C(=O)Nc2cc(OC)ccc2OC)cc1Cl. The Morgan fingerprint density at radius 3 is 2.15 bits per heavy atom. The monoisotopic (exact) mass is 492 g/mol. The van der Waals surface area contributed by atoms with Crippen LogP contribution in [0.25, 0.3) is 0 Å². The molecule has 0 aliphatic heterocycles. The van der Waals surface area contributed by atoms with Crippen molar-refractivity contribution >= 4 is 57.9 Å². The van der Waals surface area contributed by atoms with E-state index in [0.29, 0.717) is 17.2 Å². The van der Waals surface area contributed by atoms with E-state index in [9.17, 15) is 14.4 Å². The molecule has 0 heterocycles. The Morgan fingerprint density at radius 2 is 1.64 bits per heavy atom. The zero-order valence-electron chi connectivity index (χ0n) is 18.4. The molecule has 0 fully saturated rings. The summed E-state index contributed by atoms with van der Waals surface area (Å²) in [6.07, 6.45) is 0. The maximum absolute atomic E-state index is 12.7. The van der Waals surface area contributed by atoms with Crippen LogP contribution in [-0.2, 0) is 14.4 Å². The molecule has 0 saturated heterocycles. The number of anilines is 2. The number of rotatable bonds is 9. The highest BCUT2D eigenvalue weighted by Gasteiger charge is 2.24. The molecule has 2 aromatic rings. The van der Waals surface area contributed by atoms with Gasteiger partial charge in [-0.05, 0) is 38.1 Å². The van der Waals surface area contributed by atoms with Gasteiger partial charge in [0.1, 0.15) is 11.5 Å². The van der Waals surface area contributed by atoms with E-state index in [1.807, 2.05) is 0 Å². The fourth-order valence-corrected chi connectivity index (χ4v) is 3.08. The highest BCUT2D eigenvalue weighted by molar-refractivity contribution is 6.40. The van der Waals surface area contributed by atoms with Gasteiger partial charge in [0.15, 0.2) is 5.78 Å². The van der Waals surface area contributed by atoms with Crippen LogP contribution < -0.4 is 20.1 Å². The summed E-state index contributed by atoms with van der Waals surface area (Å²) in [6, 6.07) is 6.13. The topological polar surface area (TPSA) is 118 Å². The van der Waals surface area contributed by atoms with Crippen LogP contribution in [0.5, 0.6) is 11.5 Å². The third-order valence-electron chi connectivity index (χ3n) is 4.24. The van der Waals surface area contributed by atoms with Crippen molar-refractivity contribution in [2.75, 3.05) is 24.9 Å². The maximum Gasteiger partial charge on any atom is 0.258 e. The van der Waals surface area contributed by atoms with Crippen molar-refractivity contribution in [3.05, 3.63) is 52.5 Å². The molecule has 0 aliphatic rings. The summed E-state index contributed by atoms with van der Waals surface area (Å²) in [5, 5.41) is 13.1. The van der Waals surface area contributed by atoms with Crippen molar-refractivity contribution in [3.8, 4) is 11.5 Å². The molecule has 0 saturated carbocycles. The summed E-state index contributed by atoms with van der Waals surface area (Å²) < 4.78 is 10.4. The number of halogens is 2. The molecule has 1 atom stereocenters. The summed E-state index contributed by atoms with van der Waals surface area (Å²) in [7, 11) is 2.92. The van der Waals surface area contributed by atoms with Crippen molar-refractivity contribution in [2.24, 2.45) is 10.2 Å². The van der Waals surface area contributed by atoms with E-state index in [4.69, 9.17) is 32.7 Å². The van der Waals surface area contributed by atoms with Crippen LogP contribution in [0.2, 0.25) is 10.0 Å². The third kappa shape index (κ3) is 6.77. The van der Waals surface area contributed by atoms with Gasteiger partial charge < -0.3 is 20.1 Å². The van der Waals surface area contributed by atoms with Crippen LogP contribution in [-0.4, -0.2) is 37.9 Å². The van der Waals surface area contributed by atoms with Gasteiger partial charge in [0.25, 0.3) is 11.8 Å². The Kier molecular flexibility index (Phi) is 8.95. The van der Waals surface area contributed by atoms with E-state index in [1.165, 1.54) is 40.2 Å². The first-order chi connectivity index (χ1) is 15.6. The number of hydrogen-bond donors (Lipinski definition) is 2. The first kappa shape index (κ1) is 25.8. The number of hydrogen-bond acceptors (Lipinski definition) is 7. The molecule has 174 valence electrons. The van der Waals surface area contributed by atoms with E-state index < -0.39 is 23.6 Å². The van der Waals surface area contributed by atoms with Crippen molar-refractivity contribution < 1.29 is 23.9 Å². The highest BCUT2D eigenvalue weighted by atomic mass is 35.5. The van der Waals surface area contributed by atoms with E-state index in [1.54, 1.807) is 18.2 Å². The number of benzene rings is 2. The number of nitrogens with one attached hydrogen (secondary N) is 2. The largest absolute Gasteiger partial charge is 0.497 e. The van der Waals surface area contributed by atoms with Crippen molar-refractivity contribution in [3.63, 3.8) is 0 Å². The number of methoxy groups -OCH3 is 2. The zero-order valence-corrected chi connectivity index (χ0v) is 19.9. The molecular weight excluding hydrogens is 471 g/mol. The second kappa shape index (κ2) is 11.4. The molecule has 0 aromatic heterocycles. The molecule has 9 nitrogen and oxygen atoms in total. The lowest BCUT2D eigenvalue weighted by Gasteiger charge is -2.14. The Balaban J connectivity index is 2.27. The van der Waals surface area contributed by atoms with Crippen LogP contribution in [0.3, 0.4) is 0 Å². The number of carbonyl (C=O) groups is 3. The lowest BCUT2D eigenvalue weighted by molar-refractivity contribution is -0.126. The first-order valence-electron chi connectivity index (χ1n) is 9.47. The molecule has 2 N–H and O–H groups in total. The van der Waals surface area contributed by atoms with Crippen molar-refractivity contribution in [1.82, 2.24) is 0 Å². The molecule has 0 spiro atoms. The van der Waals surface area contributed by atoms with Gasteiger partial charge in [-0.1, -0.05) is 29.8 Å². The van der Waals surface area contributed by atoms with E-state index in [-0.39, 0.29) is 27.0 Å². The van der Waals surface area contributed by atoms with Gasteiger partial charge in [0.2, 0.25) is 6.04 Å². The zero-order chi connectivity index (χ0) is 24.7. The second-order valence-corrected chi connectivity index (χ2v) is 7.62. The van der Waals surface area contributed by atoms with E-state index >= 15 is 0 Å². The number of nitrogens with zero attached hydrogens (tertiary/aromatic N) is 2. The summed E-state index contributed by atoms with van der Waals surface area (Å²) in [5.41, 5.74) is 0.925.